The van der Waals surface area contributed by atoms with E-state index in [0.717, 1.165) is 30.8 Å². The van der Waals surface area contributed by atoms with Crippen LogP contribution >= 0.6 is 0 Å². The van der Waals surface area contributed by atoms with Gasteiger partial charge in [-0.3, -0.25) is 9.69 Å². The van der Waals surface area contributed by atoms with Crippen LogP contribution in [0.15, 0.2) is 12.2 Å². The van der Waals surface area contributed by atoms with Gasteiger partial charge in [-0.05, 0) is 50.1 Å². The molecule has 0 aromatic heterocycles. The SMILES string of the molecule is O=C1C=CC[C@@H]2[C@H]3C[C@@H](CN12)[C@@H]1CCCCN1C3. The molecule has 0 N–H and O–H groups in total. The number of hydrogen-bond donors (Lipinski definition) is 0. The van der Waals surface area contributed by atoms with Gasteiger partial charge in [0.2, 0.25) is 5.91 Å². The third-order valence-electron chi connectivity index (χ3n) is 5.58. The standard InChI is InChI=1S/C15H22N2O/c18-15-6-3-5-14-11-8-12(10-17(14)15)13-4-1-2-7-16(13)9-11/h3,6,11-14H,1-2,4-5,7-10H2/t11-,12-,13-,14+/m0/s1. The molecule has 0 aromatic rings. The third-order valence-corrected chi connectivity index (χ3v) is 5.58. The molecule has 4 aliphatic heterocycles. The quantitative estimate of drug-likeness (QED) is 0.649. The van der Waals surface area contributed by atoms with Crippen LogP contribution in [0.5, 0.6) is 0 Å². The van der Waals surface area contributed by atoms with E-state index >= 15 is 0 Å². The molecule has 2 bridgehead atoms. The molecule has 4 atom stereocenters. The van der Waals surface area contributed by atoms with Crippen LogP contribution in [0.2, 0.25) is 0 Å². The lowest BCUT2D eigenvalue weighted by Crippen LogP contribution is -2.63. The Morgan fingerprint density at radius 2 is 2.00 bits per heavy atom. The Kier molecular flexibility index (Phi) is 2.51. The summed E-state index contributed by atoms with van der Waals surface area (Å²) in [6, 6.07) is 1.27. The molecule has 4 heterocycles. The number of nitrogens with zero attached hydrogens (tertiary/aromatic N) is 2. The van der Waals surface area contributed by atoms with E-state index in [2.05, 4.69) is 15.9 Å². The maximum absolute atomic E-state index is 12.0. The Labute approximate surface area is 109 Å². The van der Waals surface area contributed by atoms with Crippen molar-refractivity contribution >= 4 is 5.91 Å². The van der Waals surface area contributed by atoms with Crippen molar-refractivity contribution in [2.24, 2.45) is 11.8 Å². The largest absolute Gasteiger partial charge is 0.335 e. The van der Waals surface area contributed by atoms with E-state index in [4.69, 9.17) is 0 Å². The molecule has 3 fully saturated rings. The highest BCUT2D eigenvalue weighted by Gasteiger charge is 2.47. The fraction of sp³-hybridized carbons (Fsp3) is 0.800. The molecular weight excluding hydrogens is 224 g/mol. The van der Waals surface area contributed by atoms with Crippen LogP contribution in [0, 0.1) is 11.8 Å². The molecule has 18 heavy (non-hydrogen) atoms. The van der Waals surface area contributed by atoms with Gasteiger partial charge in [0.25, 0.3) is 0 Å². The van der Waals surface area contributed by atoms with E-state index in [1.807, 2.05) is 0 Å². The number of fused-ring (bicyclic) bond motifs is 6. The highest BCUT2D eigenvalue weighted by atomic mass is 16.2. The molecule has 3 heteroatoms. The zero-order chi connectivity index (χ0) is 12.1. The summed E-state index contributed by atoms with van der Waals surface area (Å²) in [5.74, 6) is 1.74. The predicted molar refractivity (Wildman–Crippen MR) is 70.1 cm³/mol. The molecule has 4 aliphatic rings. The molecule has 0 unspecified atom stereocenters. The number of rotatable bonds is 0. The van der Waals surface area contributed by atoms with Crippen LogP contribution < -0.4 is 0 Å². The fourth-order valence-electron chi connectivity index (χ4n) is 4.79. The van der Waals surface area contributed by atoms with Crippen LogP contribution in [0.25, 0.3) is 0 Å². The van der Waals surface area contributed by atoms with Gasteiger partial charge in [-0.15, -0.1) is 0 Å². The fourth-order valence-corrected chi connectivity index (χ4v) is 4.79. The molecule has 0 aromatic carbocycles. The Morgan fingerprint density at radius 3 is 2.94 bits per heavy atom. The van der Waals surface area contributed by atoms with Gasteiger partial charge in [-0.2, -0.15) is 0 Å². The van der Waals surface area contributed by atoms with E-state index in [-0.39, 0.29) is 5.91 Å². The van der Waals surface area contributed by atoms with Crippen LogP contribution in [0.4, 0.5) is 0 Å². The lowest BCUT2D eigenvalue weighted by molar-refractivity contribution is -0.139. The average Bonchev–Trinajstić information content (AvgIpc) is 2.40. The summed E-state index contributed by atoms with van der Waals surface area (Å²) in [6.45, 7) is 3.56. The first kappa shape index (κ1) is 11.0. The van der Waals surface area contributed by atoms with Gasteiger partial charge in [0.1, 0.15) is 0 Å². The second-order valence-corrected chi connectivity index (χ2v) is 6.51. The second-order valence-electron chi connectivity index (χ2n) is 6.51. The first-order valence-corrected chi connectivity index (χ1v) is 7.54. The minimum absolute atomic E-state index is 0.269. The zero-order valence-corrected chi connectivity index (χ0v) is 10.9. The van der Waals surface area contributed by atoms with Crippen molar-refractivity contribution in [3.63, 3.8) is 0 Å². The van der Waals surface area contributed by atoms with E-state index < -0.39 is 0 Å². The maximum Gasteiger partial charge on any atom is 0.246 e. The summed E-state index contributed by atoms with van der Waals surface area (Å²) in [5.41, 5.74) is 0. The average molecular weight is 246 g/mol. The molecular formula is C15H22N2O. The molecule has 3 saturated heterocycles. The Balaban J connectivity index is 1.62. The topological polar surface area (TPSA) is 23.6 Å². The molecule has 98 valence electrons. The number of piperidine rings is 3. The molecule has 3 nitrogen and oxygen atoms in total. The first-order chi connectivity index (χ1) is 8.83. The van der Waals surface area contributed by atoms with Crippen molar-refractivity contribution in [3.8, 4) is 0 Å². The minimum Gasteiger partial charge on any atom is -0.335 e. The van der Waals surface area contributed by atoms with E-state index in [1.165, 1.54) is 38.8 Å². The van der Waals surface area contributed by atoms with Crippen molar-refractivity contribution in [2.75, 3.05) is 19.6 Å². The molecule has 0 aliphatic carbocycles. The van der Waals surface area contributed by atoms with Crippen molar-refractivity contribution < 1.29 is 4.79 Å². The van der Waals surface area contributed by atoms with Gasteiger partial charge in [0, 0.05) is 25.2 Å². The van der Waals surface area contributed by atoms with Crippen LogP contribution in [-0.2, 0) is 4.79 Å². The Hall–Kier alpha value is -0.830. The summed E-state index contributed by atoms with van der Waals surface area (Å²) in [7, 11) is 0. The molecule has 4 rings (SSSR count). The van der Waals surface area contributed by atoms with E-state index in [1.54, 1.807) is 6.08 Å². The van der Waals surface area contributed by atoms with Crippen molar-refractivity contribution in [2.45, 2.75) is 44.2 Å². The summed E-state index contributed by atoms with van der Waals surface area (Å²) in [5, 5.41) is 0. The monoisotopic (exact) mass is 246 g/mol. The summed E-state index contributed by atoms with van der Waals surface area (Å²) in [4.78, 5) is 17.0. The first-order valence-electron chi connectivity index (χ1n) is 7.54. The molecule has 1 amide bonds. The normalized spacial score (nSPS) is 43.6. The maximum atomic E-state index is 12.0. The van der Waals surface area contributed by atoms with Crippen molar-refractivity contribution in [1.82, 2.24) is 9.80 Å². The van der Waals surface area contributed by atoms with Crippen LogP contribution in [0.3, 0.4) is 0 Å². The van der Waals surface area contributed by atoms with Gasteiger partial charge in [-0.1, -0.05) is 12.5 Å². The lowest BCUT2D eigenvalue weighted by atomic mass is 9.71. The van der Waals surface area contributed by atoms with Crippen molar-refractivity contribution in [1.29, 1.82) is 0 Å². The van der Waals surface area contributed by atoms with E-state index in [0.29, 0.717) is 6.04 Å². The number of carbonyl (C=O) groups excluding carboxylic acids is 1. The highest BCUT2D eigenvalue weighted by Crippen LogP contribution is 2.41. The predicted octanol–water partition coefficient (Wildman–Crippen LogP) is 1.65. The van der Waals surface area contributed by atoms with Crippen molar-refractivity contribution in [3.05, 3.63) is 12.2 Å². The summed E-state index contributed by atoms with van der Waals surface area (Å²) >= 11 is 0. The van der Waals surface area contributed by atoms with Gasteiger partial charge in [-0.25, -0.2) is 0 Å². The third kappa shape index (κ3) is 1.56. The zero-order valence-electron chi connectivity index (χ0n) is 10.9. The highest BCUT2D eigenvalue weighted by molar-refractivity contribution is 5.88. The van der Waals surface area contributed by atoms with Gasteiger partial charge < -0.3 is 4.90 Å². The second kappa shape index (κ2) is 4.09. The van der Waals surface area contributed by atoms with E-state index in [9.17, 15) is 4.79 Å². The van der Waals surface area contributed by atoms with Gasteiger partial charge >= 0.3 is 0 Å². The number of carbonyl (C=O) groups is 1. The minimum atomic E-state index is 0.269. The van der Waals surface area contributed by atoms with Gasteiger partial charge in [0.05, 0.1) is 0 Å². The molecule has 0 radical (unpaired) electrons. The molecule has 0 saturated carbocycles. The van der Waals surface area contributed by atoms with Crippen LogP contribution in [-0.4, -0.2) is 47.4 Å². The molecule has 0 spiro atoms. The summed E-state index contributed by atoms with van der Waals surface area (Å²) in [6.07, 6.45) is 10.5. The Bertz CT molecular complexity index is 392. The Morgan fingerprint density at radius 1 is 1.11 bits per heavy atom. The number of hydrogen-bond acceptors (Lipinski definition) is 2. The number of amides is 1. The summed E-state index contributed by atoms with van der Waals surface area (Å²) < 4.78 is 0. The van der Waals surface area contributed by atoms with Gasteiger partial charge in [0.15, 0.2) is 0 Å². The smallest absolute Gasteiger partial charge is 0.246 e. The van der Waals surface area contributed by atoms with Crippen LogP contribution in [0.1, 0.15) is 32.1 Å². The lowest BCUT2D eigenvalue weighted by Gasteiger charge is -2.56.